The number of aryl methyl sites for hydroxylation is 2. The lowest BCUT2D eigenvalue weighted by Crippen LogP contribution is -2.12. The fourth-order valence-electron chi connectivity index (χ4n) is 1.94. The maximum Gasteiger partial charge on any atom is 0.288 e. The van der Waals surface area contributed by atoms with E-state index in [9.17, 15) is 13.6 Å². The Balaban J connectivity index is 2.09. The van der Waals surface area contributed by atoms with E-state index >= 15 is 0 Å². The SMILES string of the molecule is Cc1ccc(NC(=O)c2ccc(SC(F)F)cc2)c(C)c1. The molecule has 21 heavy (non-hydrogen) atoms. The second-order valence-corrected chi connectivity index (χ2v) is 5.74. The predicted octanol–water partition coefficient (Wildman–Crippen LogP) is 4.87. The highest BCUT2D eigenvalue weighted by Crippen LogP contribution is 2.25. The molecular weight excluding hydrogens is 292 g/mol. The first-order chi connectivity index (χ1) is 9.95. The van der Waals surface area contributed by atoms with Crippen LogP contribution < -0.4 is 5.32 Å². The van der Waals surface area contributed by atoms with Crippen molar-refractivity contribution >= 4 is 23.4 Å². The molecule has 5 heteroatoms. The molecule has 0 unspecified atom stereocenters. The van der Waals surface area contributed by atoms with E-state index < -0.39 is 5.76 Å². The zero-order valence-electron chi connectivity index (χ0n) is 11.7. The van der Waals surface area contributed by atoms with Gasteiger partial charge in [0, 0.05) is 16.1 Å². The topological polar surface area (TPSA) is 29.1 Å². The average molecular weight is 307 g/mol. The summed E-state index contributed by atoms with van der Waals surface area (Å²) in [5.41, 5.74) is 3.29. The van der Waals surface area contributed by atoms with Crippen molar-refractivity contribution in [2.24, 2.45) is 0 Å². The van der Waals surface area contributed by atoms with Gasteiger partial charge in [-0.2, -0.15) is 8.78 Å². The molecule has 0 radical (unpaired) electrons. The molecule has 0 saturated carbocycles. The van der Waals surface area contributed by atoms with E-state index in [1.54, 1.807) is 12.1 Å². The van der Waals surface area contributed by atoms with Crippen LogP contribution in [-0.2, 0) is 0 Å². The van der Waals surface area contributed by atoms with Crippen LogP contribution >= 0.6 is 11.8 Å². The van der Waals surface area contributed by atoms with E-state index in [0.29, 0.717) is 22.2 Å². The van der Waals surface area contributed by atoms with Crippen molar-refractivity contribution in [3.05, 3.63) is 59.2 Å². The first-order valence-corrected chi connectivity index (χ1v) is 7.27. The highest BCUT2D eigenvalue weighted by atomic mass is 32.2. The van der Waals surface area contributed by atoms with Gasteiger partial charge in [-0.25, -0.2) is 0 Å². The van der Waals surface area contributed by atoms with Crippen LogP contribution in [0.3, 0.4) is 0 Å². The number of carbonyl (C=O) groups is 1. The fraction of sp³-hybridized carbons (Fsp3) is 0.188. The number of anilines is 1. The van der Waals surface area contributed by atoms with E-state index in [2.05, 4.69) is 5.32 Å². The van der Waals surface area contributed by atoms with Crippen LogP contribution in [0.4, 0.5) is 14.5 Å². The number of thioether (sulfide) groups is 1. The second-order valence-electron chi connectivity index (χ2n) is 4.68. The van der Waals surface area contributed by atoms with E-state index in [1.807, 2.05) is 32.0 Å². The van der Waals surface area contributed by atoms with Crippen LogP contribution in [0.1, 0.15) is 21.5 Å². The van der Waals surface area contributed by atoms with E-state index in [-0.39, 0.29) is 5.91 Å². The number of hydrogen-bond donors (Lipinski definition) is 1. The van der Waals surface area contributed by atoms with Gasteiger partial charge in [-0.3, -0.25) is 4.79 Å². The lowest BCUT2D eigenvalue weighted by Gasteiger charge is -2.09. The van der Waals surface area contributed by atoms with Gasteiger partial charge >= 0.3 is 0 Å². The van der Waals surface area contributed by atoms with E-state index in [1.165, 1.54) is 12.1 Å². The summed E-state index contributed by atoms with van der Waals surface area (Å²) in [7, 11) is 0. The summed E-state index contributed by atoms with van der Waals surface area (Å²) >= 11 is 0.462. The van der Waals surface area contributed by atoms with Gasteiger partial charge in [0.15, 0.2) is 0 Å². The third-order valence-corrected chi connectivity index (χ3v) is 3.69. The lowest BCUT2D eigenvalue weighted by atomic mass is 10.1. The molecule has 0 saturated heterocycles. The summed E-state index contributed by atoms with van der Waals surface area (Å²) < 4.78 is 24.5. The third-order valence-electron chi connectivity index (χ3n) is 2.97. The summed E-state index contributed by atoms with van der Waals surface area (Å²) in [6, 6.07) is 11.9. The molecule has 1 amide bonds. The lowest BCUT2D eigenvalue weighted by molar-refractivity contribution is 0.102. The Labute approximate surface area is 126 Å². The largest absolute Gasteiger partial charge is 0.322 e. The quantitative estimate of drug-likeness (QED) is 0.816. The van der Waals surface area contributed by atoms with Crippen molar-refractivity contribution in [3.63, 3.8) is 0 Å². The van der Waals surface area contributed by atoms with Gasteiger partial charge in [-0.15, -0.1) is 0 Å². The highest BCUT2D eigenvalue weighted by molar-refractivity contribution is 7.99. The van der Waals surface area contributed by atoms with Gasteiger partial charge in [-0.05, 0) is 49.7 Å². The summed E-state index contributed by atoms with van der Waals surface area (Å²) in [6.45, 7) is 3.91. The zero-order chi connectivity index (χ0) is 15.4. The van der Waals surface area contributed by atoms with Gasteiger partial charge in [0.1, 0.15) is 0 Å². The van der Waals surface area contributed by atoms with Gasteiger partial charge in [-0.1, -0.05) is 29.5 Å². The van der Waals surface area contributed by atoms with Gasteiger partial charge in [0.05, 0.1) is 0 Å². The molecule has 2 rings (SSSR count). The van der Waals surface area contributed by atoms with Gasteiger partial charge in [0.25, 0.3) is 11.7 Å². The smallest absolute Gasteiger partial charge is 0.288 e. The number of halogens is 2. The number of hydrogen-bond acceptors (Lipinski definition) is 2. The van der Waals surface area contributed by atoms with Crippen LogP contribution in [0.25, 0.3) is 0 Å². The first-order valence-electron chi connectivity index (χ1n) is 6.39. The summed E-state index contributed by atoms with van der Waals surface area (Å²) in [4.78, 5) is 12.6. The number of benzene rings is 2. The Morgan fingerprint density at radius 3 is 2.33 bits per heavy atom. The van der Waals surface area contributed by atoms with Crippen molar-refractivity contribution in [2.45, 2.75) is 24.5 Å². The maximum absolute atomic E-state index is 12.2. The molecule has 0 spiro atoms. The van der Waals surface area contributed by atoms with Crippen LogP contribution in [0.5, 0.6) is 0 Å². The van der Waals surface area contributed by atoms with Crippen molar-refractivity contribution in [1.29, 1.82) is 0 Å². The predicted molar refractivity (Wildman–Crippen MR) is 82.2 cm³/mol. The van der Waals surface area contributed by atoms with Crippen molar-refractivity contribution in [3.8, 4) is 0 Å². The third kappa shape index (κ3) is 4.29. The average Bonchev–Trinajstić information content (AvgIpc) is 2.42. The van der Waals surface area contributed by atoms with Crippen LogP contribution in [0, 0.1) is 13.8 Å². The minimum atomic E-state index is -2.46. The van der Waals surface area contributed by atoms with Crippen molar-refractivity contribution < 1.29 is 13.6 Å². The number of amides is 1. The van der Waals surface area contributed by atoms with Crippen molar-refractivity contribution in [2.75, 3.05) is 5.32 Å². The van der Waals surface area contributed by atoms with Crippen LogP contribution in [0.2, 0.25) is 0 Å². The Kier molecular flexibility index (Phi) is 4.96. The Hall–Kier alpha value is -1.88. The molecule has 0 fully saturated rings. The standard InChI is InChI=1S/C16H15F2NOS/c1-10-3-8-14(11(2)9-10)19-15(20)12-4-6-13(7-5-12)21-16(17)18/h3-9,16H,1-2H3,(H,19,20). The minimum absolute atomic E-state index is 0.254. The molecule has 110 valence electrons. The summed E-state index contributed by atoms with van der Waals surface area (Å²) in [5, 5.41) is 2.82. The van der Waals surface area contributed by atoms with E-state index in [0.717, 1.165) is 16.8 Å². The van der Waals surface area contributed by atoms with Crippen molar-refractivity contribution in [1.82, 2.24) is 0 Å². The van der Waals surface area contributed by atoms with Gasteiger partial charge < -0.3 is 5.32 Å². The monoisotopic (exact) mass is 307 g/mol. The van der Waals surface area contributed by atoms with Crippen LogP contribution in [-0.4, -0.2) is 11.7 Å². The number of nitrogens with one attached hydrogen (secondary N) is 1. The van der Waals surface area contributed by atoms with E-state index in [4.69, 9.17) is 0 Å². The number of carbonyl (C=O) groups excluding carboxylic acids is 1. The molecule has 1 N–H and O–H groups in total. The molecule has 0 aliphatic carbocycles. The van der Waals surface area contributed by atoms with Crippen LogP contribution in [0.15, 0.2) is 47.4 Å². The Bertz CT molecular complexity index is 641. The first kappa shape index (κ1) is 15.5. The molecule has 0 bridgehead atoms. The molecule has 0 heterocycles. The molecule has 0 atom stereocenters. The molecule has 0 aliphatic rings. The summed E-state index contributed by atoms with van der Waals surface area (Å²) in [6.07, 6.45) is 0. The molecule has 2 nitrogen and oxygen atoms in total. The molecule has 2 aromatic carbocycles. The summed E-state index contributed by atoms with van der Waals surface area (Å²) in [5.74, 6) is -2.71. The second kappa shape index (κ2) is 6.72. The van der Waals surface area contributed by atoms with Gasteiger partial charge in [0.2, 0.25) is 0 Å². The molecule has 2 aromatic rings. The molecule has 0 aromatic heterocycles. The Morgan fingerprint density at radius 2 is 1.76 bits per heavy atom. The number of rotatable bonds is 4. The normalized spacial score (nSPS) is 10.7. The molecule has 0 aliphatic heterocycles. The number of alkyl halides is 2. The Morgan fingerprint density at radius 1 is 1.10 bits per heavy atom. The fourth-order valence-corrected chi connectivity index (χ4v) is 2.44. The highest BCUT2D eigenvalue weighted by Gasteiger charge is 2.09. The maximum atomic E-state index is 12.2. The molecular formula is C16H15F2NOS. The minimum Gasteiger partial charge on any atom is -0.322 e. The zero-order valence-corrected chi connectivity index (χ0v) is 12.5.